The topological polar surface area (TPSA) is 81.1 Å². The Balaban J connectivity index is 0.00000289. The third-order valence-electron chi connectivity index (χ3n) is 5.89. The van der Waals surface area contributed by atoms with Crippen molar-refractivity contribution in [1.29, 1.82) is 0 Å². The maximum absolute atomic E-state index is 12.8. The lowest BCUT2D eigenvalue weighted by atomic mass is 10.0. The van der Waals surface area contributed by atoms with Crippen LogP contribution < -0.4 is 10.2 Å². The van der Waals surface area contributed by atoms with E-state index < -0.39 is 10.0 Å². The fourth-order valence-electron chi connectivity index (χ4n) is 4.17. The average Bonchev–Trinajstić information content (AvgIpc) is 2.82. The first kappa shape index (κ1) is 24.7. The van der Waals surface area contributed by atoms with Crippen LogP contribution in [0, 0.1) is 0 Å². The summed E-state index contributed by atoms with van der Waals surface area (Å²) in [6, 6.07) is 14.2. The Kier molecular flexibility index (Phi) is 8.72. The first-order valence-corrected chi connectivity index (χ1v) is 12.3. The summed E-state index contributed by atoms with van der Waals surface area (Å²) >= 11 is 0. The van der Waals surface area contributed by atoms with Crippen molar-refractivity contribution in [2.75, 3.05) is 57.0 Å². The maximum atomic E-state index is 12.8. The van der Waals surface area contributed by atoms with Gasteiger partial charge in [0.2, 0.25) is 10.0 Å². The van der Waals surface area contributed by atoms with Crippen LogP contribution in [0.5, 0.6) is 0 Å². The minimum absolute atomic E-state index is 0. The molecule has 0 amide bonds. The van der Waals surface area contributed by atoms with Gasteiger partial charge in [0.05, 0.1) is 5.75 Å². The van der Waals surface area contributed by atoms with Gasteiger partial charge in [-0.3, -0.25) is 4.99 Å². The molecule has 1 N–H and O–H groups in total. The summed E-state index contributed by atoms with van der Waals surface area (Å²) in [6.07, 6.45) is 2.73. The maximum Gasteiger partial charge on any atom is 0.215 e. The number of halogens is 1. The number of sulfonamides is 1. The number of anilines is 1. The van der Waals surface area contributed by atoms with Crippen LogP contribution in [0.3, 0.4) is 0 Å². The standard InChI is InChI=1S/C22H30N6O2S.HI/c1-23-22(27-12-9-19-6-2-3-7-20(19)18-27)25-11-17-31(29,30)28-15-13-26(14-16-28)21-8-4-5-10-24-21;/h2-8,10H,9,11-18H2,1H3,(H,23,25);1H. The summed E-state index contributed by atoms with van der Waals surface area (Å²) in [4.78, 5) is 13.0. The third-order valence-corrected chi connectivity index (χ3v) is 7.76. The zero-order valence-electron chi connectivity index (χ0n) is 18.4. The Bertz CT molecular complexity index is 1010. The van der Waals surface area contributed by atoms with Crippen LogP contribution in [0.1, 0.15) is 11.1 Å². The molecule has 1 aromatic carbocycles. The second kappa shape index (κ2) is 11.3. The largest absolute Gasteiger partial charge is 0.355 e. The summed E-state index contributed by atoms with van der Waals surface area (Å²) in [5, 5.41) is 3.25. The van der Waals surface area contributed by atoms with Crippen molar-refractivity contribution in [2.45, 2.75) is 13.0 Å². The van der Waals surface area contributed by atoms with Crippen molar-refractivity contribution >= 4 is 45.8 Å². The molecule has 2 aromatic rings. The van der Waals surface area contributed by atoms with Gasteiger partial charge in [-0.1, -0.05) is 30.3 Å². The molecule has 8 nitrogen and oxygen atoms in total. The molecular weight excluding hydrogens is 539 g/mol. The molecule has 0 atom stereocenters. The van der Waals surface area contributed by atoms with Gasteiger partial charge in [-0.15, -0.1) is 24.0 Å². The molecule has 0 spiro atoms. The molecule has 3 heterocycles. The van der Waals surface area contributed by atoms with Gasteiger partial charge in [-0.2, -0.15) is 4.31 Å². The van der Waals surface area contributed by atoms with Crippen LogP contribution in [0.15, 0.2) is 53.7 Å². The predicted octanol–water partition coefficient (Wildman–Crippen LogP) is 1.79. The van der Waals surface area contributed by atoms with E-state index >= 15 is 0 Å². The minimum atomic E-state index is -3.32. The van der Waals surface area contributed by atoms with E-state index in [0.29, 0.717) is 32.7 Å². The molecule has 174 valence electrons. The van der Waals surface area contributed by atoms with Crippen molar-refractivity contribution < 1.29 is 8.42 Å². The van der Waals surface area contributed by atoms with E-state index in [0.717, 1.165) is 31.3 Å². The summed E-state index contributed by atoms with van der Waals surface area (Å²) in [6.45, 7) is 4.27. The van der Waals surface area contributed by atoms with Crippen molar-refractivity contribution in [2.24, 2.45) is 4.99 Å². The number of hydrogen-bond donors (Lipinski definition) is 1. The normalized spacial score (nSPS) is 17.5. The summed E-state index contributed by atoms with van der Waals surface area (Å²) in [7, 11) is -1.58. The van der Waals surface area contributed by atoms with Crippen molar-refractivity contribution in [3.63, 3.8) is 0 Å². The van der Waals surface area contributed by atoms with Crippen LogP contribution in [0.2, 0.25) is 0 Å². The van der Waals surface area contributed by atoms with Crippen molar-refractivity contribution in [1.82, 2.24) is 19.5 Å². The Morgan fingerprint density at radius 1 is 1.03 bits per heavy atom. The molecule has 1 aromatic heterocycles. The van der Waals surface area contributed by atoms with Crippen LogP contribution in [0.25, 0.3) is 0 Å². The monoisotopic (exact) mass is 570 g/mol. The number of aliphatic imine (C=N–C) groups is 1. The van der Waals surface area contributed by atoms with E-state index in [-0.39, 0.29) is 29.7 Å². The van der Waals surface area contributed by atoms with Gasteiger partial charge in [0.25, 0.3) is 0 Å². The second-order valence-electron chi connectivity index (χ2n) is 7.80. The van der Waals surface area contributed by atoms with Crippen LogP contribution in [-0.2, 0) is 23.0 Å². The molecule has 10 heteroatoms. The van der Waals surface area contributed by atoms with Gasteiger partial charge in [-0.25, -0.2) is 13.4 Å². The van der Waals surface area contributed by atoms with Gasteiger partial charge >= 0.3 is 0 Å². The molecule has 0 unspecified atom stereocenters. The quantitative estimate of drug-likeness (QED) is 0.336. The lowest BCUT2D eigenvalue weighted by molar-refractivity contribution is 0.376. The number of rotatable bonds is 5. The van der Waals surface area contributed by atoms with Gasteiger partial charge in [0, 0.05) is 59.1 Å². The molecule has 2 aliphatic heterocycles. The van der Waals surface area contributed by atoms with Crippen molar-refractivity contribution in [3.8, 4) is 0 Å². The Hall–Kier alpha value is -1.92. The van der Waals surface area contributed by atoms with Gasteiger partial charge in [0.1, 0.15) is 5.82 Å². The number of pyridine rings is 1. The molecule has 0 aliphatic carbocycles. The predicted molar refractivity (Wildman–Crippen MR) is 139 cm³/mol. The minimum Gasteiger partial charge on any atom is -0.355 e. The highest BCUT2D eigenvalue weighted by molar-refractivity contribution is 14.0. The number of hydrogen-bond acceptors (Lipinski definition) is 5. The first-order chi connectivity index (χ1) is 15.1. The number of nitrogens with zero attached hydrogens (tertiary/aromatic N) is 5. The molecule has 0 saturated carbocycles. The zero-order chi connectivity index (χ0) is 21.7. The van der Waals surface area contributed by atoms with E-state index in [1.54, 1.807) is 17.5 Å². The first-order valence-electron chi connectivity index (χ1n) is 10.7. The molecule has 32 heavy (non-hydrogen) atoms. The second-order valence-corrected chi connectivity index (χ2v) is 9.89. The average molecular weight is 571 g/mol. The number of aromatic nitrogens is 1. The Morgan fingerprint density at radius 3 is 2.44 bits per heavy atom. The van der Waals surface area contributed by atoms with Gasteiger partial charge in [0.15, 0.2) is 5.96 Å². The van der Waals surface area contributed by atoms with Crippen LogP contribution in [-0.4, -0.2) is 80.6 Å². The van der Waals surface area contributed by atoms with Crippen LogP contribution in [0.4, 0.5) is 5.82 Å². The number of fused-ring (bicyclic) bond motifs is 1. The summed E-state index contributed by atoms with van der Waals surface area (Å²) in [5.41, 5.74) is 2.68. The highest BCUT2D eigenvalue weighted by Crippen LogP contribution is 2.18. The molecule has 1 saturated heterocycles. The van der Waals surface area contributed by atoms with E-state index in [1.807, 2.05) is 18.2 Å². The molecule has 2 aliphatic rings. The number of benzene rings is 1. The Morgan fingerprint density at radius 2 is 1.75 bits per heavy atom. The van der Waals surface area contributed by atoms with E-state index in [4.69, 9.17) is 0 Å². The SMILES string of the molecule is CN=C(NCCS(=O)(=O)N1CCN(c2ccccn2)CC1)N1CCc2ccccc2C1.I. The zero-order valence-corrected chi connectivity index (χ0v) is 21.5. The van der Waals surface area contributed by atoms with E-state index in [9.17, 15) is 8.42 Å². The lowest BCUT2D eigenvalue weighted by Crippen LogP contribution is -2.51. The lowest BCUT2D eigenvalue weighted by Gasteiger charge is -2.35. The van der Waals surface area contributed by atoms with E-state index in [1.165, 1.54) is 11.1 Å². The van der Waals surface area contributed by atoms with Crippen LogP contribution >= 0.6 is 24.0 Å². The van der Waals surface area contributed by atoms with Crippen molar-refractivity contribution in [3.05, 3.63) is 59.8 Å². The molecule has 0 radical (unpaired) electrons. The van der Waals surface area contributed by atoms with Gasteiger partial charge < -0.3 is 15.1 Å². The molecule has 1 fully saturated rings. The highest BCUT2D eigenvalue weighted by Gasteiger charge is 2.27. The smallest absolute Gasteiger partial charge is 0.215 e. The fourth-order valence-corrected chi connectivity index (χ4v) is 5.50. The summed E-state index contributed by atoms with van der Waals surface area (Å²) < 4.78 is 27.3. The number of guanidine groups is 1. The Labute approximate surface area is 207 Å². The van der Waals surface area contributed by atoms with Gasteiger partial charge in [-0.05, 0) is 29.7 Å². The molecule has 4 rings (SSSR count). The number of nitrogens with one attached hydrogen (secondary N) is 1. The third kappa shape index (κ3) is 5.90. The highest BCUT2D eigenvalue weighted by atomic mass is 127. The molecular formula is C22H31IN6O2S. The fraction of sp³-hybridized carbons (Fsp3) is 0.455. The van der Waals surface area contributed by atoms with E-state index in [2.05, 4.69) is 49.4 Å². The summed E-state index contributed by atoms with van der Waals surface area (Å²) in [5.74, 6) is 1.71. The number of piperazine rings is 1. The molecule has 0 bridgehead atoms.